The zero-order chi connectivity index (χ0) is 25.2. The highest BCUT2D eigenvalue weighted by Crippen LogP contribution is 2.40. The van der Waals surface area contributed by atoms with Crippen molar-refractivity contribution in [1.82, 2.24) is 4.90 Å². The fourth-order valence-electron chi connectivity index (χ4n) is 4.96. The van der Waals surface area contributed by atoms with Gasteiger partial charge in [0.2, 0.25) is 0 Å². The smallest absolute Gasteiger partial charge is 0.317 e. The molecule has 0 spiro atoms. The molecule has 1 aliphatic heterocycles. The normalized spacial score (nSPS) is 13.4. The van der Waals surface area contributed by atoms with Crippen LogP contribution in [-0.4, -0.2) is 29.8 Å². The van der Waals surface area contributed by atoms with Crippen molar-refractivity contribution in [3.63, 3.8) is 0 Å². The van der Waals surface area contributed by atoms with Crippen molar-refractivity contribution in [1.29, 1.82) is 0 Å². The molecule has 1 unspecified atom stereocenters. The Morgan fingerprint density at radius 2 is 1.33 bits per heavy atom. The standard InChI is InChI=1S/C31H25NO4/c1-20-17-18-23(19-32-29(33)24-15-9-10-16-25(24)30(32)34)27(21-11-5-3-6-12-21)26(20)28(31(35)36-2)22-13-7-4-8-14-22/h3-18,28H,19H2,1-2H3. The van der Waals surface area contributed by atoms with Crippen LogP contribution in [0.15, 0.2) is 97.1 Å². The van der Waals surface area contributed by atoms with E-state index < -0.39 is 5.92 Å². The predicted molar refractivity (Wildman–Crippen MR) is 138 cm³/mol. The number of carbonyl (C=O) groups is 3. The summed E-state index contributed by atoms with van der Waals surface area (Å²) in [7, 11) is 1.39. The van der Waals surface area contributed by atoms with Crippen LogP contribution in [0.5, 0.6) is 0 Å². The van der Waals surface area contributed by atoms with E-state index in [0.717, 1.165) is 33.4 Å². The zero-order valence-electron chi connectivity index (χ0n) is 20.1. The summed E-state index contributed by atoms with van der Waals surface area (Å²) in [4.78, 5) is 40.8. The van der Waals surface area contributed by atoms with Gasteiger partial charge in [-0.2, -0.15) is 0 Å². The molecule has 1 atom stereocenters. The van der Waals surface area contributed by atoms with E-state index in [-0.39, 0.29) is 24.3 Å². The molecule has 0 aromatic heterocycles. The van der Waals surface area contributed by atoms with Gasteiger partial charge < -0.3 is 4.74 Å². The second-order valence-electron chi connectivity index (χ2n) is 8.81. The Bertz CT molecular complexity index is 1430. The van der Waals surface area contributed by atoms with Crippen LogP contribution in [0.2, 0.25) is 0 Å². The summed E-state index contributed by atoms with van der Waals surface area (Å²) in [5.41, 5.74) is 5.84. The van der Waals surface area contributed by atoms with Crippen molar-refractivity contribution in [2.24, 2.45) is 0 Å². The second kappa shape index (κ2) is 9.62. The van der Waals surface area contributed by atoms with E-state index in [9.17, 15) is 14.4 Å². The van der Waals surface area contributed by atoms with Crippen molar-refractivity contribution >= 4 is 17.8 Å². The van der Waals surface area contributed by atoms with E-state index >= 15 is 0 Å². The number of benzene rings is 4. The maximum absolute atomic E-state index is 13.2. The van der Waals surface area contributed by atoms with Gasteiger partial charge in [-0.1, -0.05) is 84.9 Å². The molecule has 36 heavy (non-hydrogen) atoms. The zero-order valence-corrected chi connectivity index (χ0v) is 20.1. The fourth-order valence-corrected chi connectivity index (χ4v) is 4.96. The van der Waals surface area contributed by atoms with Gasteiger partial charge in [-0.05, 0) is 52.4 Å². The largest absolute Gasteiger partial charge is 0.468 e. The van der Waals surface area contributed by atoms with Crippen LogP contribution in [0.25, 0.3) is 11.1 Å². The number of rotatable bonds is 6. The van der Waals surface area contributed by atoms with Gasteiger partial charge in [-0.3, -0.25) is 19.3 Å². The molecule has 0 bridgehead atoms. The summed E-state index contributed by atoms with van der Waals surface area (Å²) >= 11 is 0. The van der Waals surface area contributed by atoms with Crippen LogP contribution in [0.1, 0.15) is 48.9 Å². The van der Waals surface area contributed by atoms with Gasteiger partial charge in [0.15, 0.2) is 0 Å². The van der Waals surface area contributed by atoms with Crippen LogP contribution in [-0.2, 0) is 16.1 Å². The molecule has 5 nitrogen and oxygen atoms in total. The molecule has 0 fully saturated rings. The number of aryl methyl sites for hydroxylation is 1. The molecule has 1 aliphatic rings. The van der Waals surface area contributed by atoms with Crippen LogP contribution in [0.4, 0.5) is 0 Å². The van der Waals surface area contributed by atoms with Crippen molar-refractivity contribution in [3.8, 4) is 11.1 Å². The molecule has 178 valence electrons. The lowest BCUT2D eigenvalue weighted by atomic mass is 9.81. The Hall–Kier alpha value is -4.51. The maximum atomic E-state index is 13.2. The summed E-state index contributed by atoms with van der Waals surface area (Å²) < 4.78 is 5.26. The Kier molecular flexibility index (Phi) is 6.21. The number of carbonyl (C=O) groups excluding carboxylic acids is 3. The Balaban J connectivity index is 1.70. The quantitative estimate of drug-likeness (QED) is 0.263. The van der Waals surface area contributed by atoms with Gasteiger partial charge in [0.1, 0.15) is 5.92 Å². The SMILES string of the molecule is COC(=O)C(c1ccccc1)c1c(C)ccc(CN2C(=O)c3ccccc3C2=O)c1-c1ccccc1. The number of hydrogen-bond acceptors (Lipinski definition) is 4. The van der Waals surface area contributed by atoms with Gasteiger partial charge in [0.25, 0.3) is 11.8 Å². The van der Waals surface area contributed by atoms with Crippen LogP contribution in [0.3, 0.4) is 0 Å². The van der Waals surface area contributed by atoms with E-state index in [4.69, 9.17) is 4.74 Å². The van der Waals surface area contributed by atoms with Crippen molar-refractivity contribution in [3.05, 3.63) is 130 Å². The van der Waals surface area contributed by atoms with E-state index in [1.54, 1.807) is 24.3 Å². The minimum atomic E-state index is -0.673. The number of hydrogen-bond donors (Lipinski definition) is 0. The Labute approximate surface area is 210 Å². The predicted octanol–water partition coefficient (Wildman–Crippen LogP) is 5.76. The number of nitrogens with zero attached hydrogens (tertiary/aromatic N) is 1. The number of amides is 2. The van der Waals surface area contributed by atoms with Crippen LogP contribution >= 0.6 is 0 Å². The van der Waals surface area contributed by atoms with Gasteiger partial charge in [0, 0.05) is 0 Å². The molecule has 0 N–H and O–H groups in total. The first-order valence-electron chi connectivity index (χ1n) is 11.8. The van der Waals surface area contributed by atoms with Gasteiger partial charge in [-0.25, -0.2) is 0 Å². The average Bonchev–Trinajstić information content (AvgIpc) is 3.16. The Morgan fingerprint density at radius 1 is 0.778 bits per heavy atom. The highest BCUT2D eigenvalue weighted by Gasteiger charge is 2.36. The molecular weight excluding hydrogens is 450 g/mol. The number of esters is 1. The first-order valence-corrected chi connectivity index (χ1v) is 11.8. The first-order chi connectivity index (χ1) is 17.5. The van der Waals surface area contributed by atoms with Crippen LogP contribution < -0.4 is 0 Å². The highest BCUT2D eigenvalue weighted by atomic mass is 16.5. The number of imide groups is 1. The lowest BCUT2D eigenvalue weighted by Crippen LogP contribution is -2.29. The van der Waals surface area contributed by atoms with E-state index in [1.165, 1.54) is 12.0 Å². The van der Waals surface area contributed by atoms with Gasteiger partial charge in [0.05, 0.1) is 24.8 Å². The summed E-state index contributed by atoms with van der Waals surface area (Å²) in [6, 6.07) is 30.0. The molecular formula is C31H25NO4. The van der Waals surface area contributed by atoms with E-state index in [2.05, 4.69) is 0 Å². The summed E-state index contributed by atoms with van der Waals surface area (Å²) in [6.07, 6.45) is 0. The third-order valence-electron chi connectivity index (χ3n) is 6.68. The Morgan fingerprint density at radius 3 is 1.92 bits per heavy atom. The fraction of sp³-hybridized carbons (Fsp3) is 0.129. The molecule has 4 aromatic carbocycles. The third kappa shape index (κ3) is 3.99. The lowest BCUT2D eigenvalue weighted by Gasteiger charge is -2.25. The summed E-state index contributed by atoms with van der Waals surface area (Å²) in [5, 5.41) is 0. The topological polar surface area (TPSA) is 63.7 Å². The number of ether oxygens (including phenoxy) is 1. The van der Waals surface area contributed by atoms with Gasteiger partial charge in [-0.15, -0.1) is 0 Å². The van der Waals surface area contributed by atoms with Crippen molar-refractivity contribution in [2.75, 3.05) is 7.11 Å². The number of methoxy groups -OCH3 is 1. The average molecular weight is 476 g/mol. The van der Waals surface area contributed by atoms with E-state index in [0.29, 0.717) is 11.1 Å². The molecule has 4 aromatic rings. The van der Waals surface area contributed by atoms with Crippen molar-refractivity contribution < 1.29 is 19.1 Å². The maximum Gasteiger partial charge on any atom is 0.317 e. The minimum Gasteiger partial charge on any atom is -0.468 e. The molecule has 1 heterocycles. The minimum absolute atomic E-state index is 0.0898. The molecule has 0 saturated carbocycles. The monoisotopic (exact) mass is 475 g/mol. The third-order valence-corrected chi connectivity index (χ3v) is 6.68. The molecule has 5 heteroatoms. The summed E-state index contributed by atoms with van der Waals surface area (Å²) in [5.74, 6) is -1.68. The summed E-state index contributed by atoms with van der Waals surface area (Å²) in [6.45, 7) is 2.05. The molecule has 2 amide bonds. The highest BCUT2D eigenvalue weighted by molar-refractivity contribution is 6.21. The molecule has 0 aliphatic carbocycles. The molecule has 0 saturated heterocycles. The number of fused-ring (bicyclic) bond motifs is 1. The van der Waals surface area contributed by atoms with Crippen LogP contribution in [0, 0.1) is 6.92 Å². The second-order valence-corrected chi connectivity index (χ2v) is 8.81. The first kappa shape index (κ1) is 23.2. The lowest BCUT2D eigenvalue weighted by molar-refractivity contribution is -0.141. The van der Waals surface area contributed by atoms with Gasteiger partial charge >= 0.3 is 5.97 Å². The molecule has 0 radical (unpaired) electrons. The van der Waals surface area contributed by atoms with Crippen molar-refractivity contribution in [2.45, 2.75) is 19.4 Å². The van der Waals surface area contributed by atoms with E-state index in [1.807, 2.05) is 79.7 Å². The molecule has 5 rings (SSSR count).